The third kappa shape index (κ3) is 5.18. The number of carbonyl (C=O) groups is 1. The molecule has 35 heavy (non-hydrogen) atoms. The van der Waals surface area contributed by atoms with E-state index < -0.39 is 28.2 Å². The zero-order valence-corrected chi connectivity index (χ0v) is 19.4. The number of carbonyl (C=O) groups excluding carboxylic acids is 1. The summed E-state index contributed by atoms with van der Waals surface area (Å²) in [5.41, 5.74) is -0.806. The van der Waals surface area contributed by atoms with Crippen molar-refractivity contribution < 1.29 is 19.2 Å². The Balaban J connectivity index is 1.68. The topological polar surface area (TPSA) is 155 Å². The van der Waals surface area contributed by atoms with Gasteiger partial charge in [0, 0.05) is 39.2 Å². The van der Waals surface area contributed by atoms with Crippen LogP contribution in [-0.4, -0.2) is 55.8 Å². The third-order valence-corrected chi connectivity index (χ3v) is 5.83. The molecule has 0 aliphatic carbocycles. The molecule has 3 heterocycles. The second-order valence-corrected chi connectivity index (χ2v) is 8.35. The molecule has 13 heteroatoms. The van der Waals surface area contributed by atoms with E-state index in [1.807, 2.05) is 0 Å². The average molecular weight is 486 g/mol. The van der Waals surface area contributed by atoms with Gasteiger partial charge < -0.3 is 18.9 Å². The molecule has 1 aliphatic rings. The highest BCUT2D eigenvalue weighted by atomic mass is 16.6. The van der Waals surface area contributed by atoms with Crippen LogP contribution in [0.3, 0.4) is 0 Å². The highest BCUT2D eigenvalue weighted by Gasteiger charge is 2.26. The number of aryl methyl sites for hydroxylation is 1. The first kappa shape index (κ1) is 24.0. The Bertz CT molecular complexity index is 1350. The molecule has 1 fully saturated rings. The minimum atomic E-state index is -0.805. The maximum atomic E-state index is 12.8. The molecule has 1 aromatic carbocycles. The number of ether oxygens (including phenoxy) is 2. The molecule has 0 bridgehead atoms. The van der Waals surface area contributed by atoms with Crippen molar-refractivity contribution in [1.29, 1.82) is 0 Å². The number of anilines is 1. The average Bonchev–Trinajstić information content (AvgIpc) is 3.21. The number of aromatic nitrogens is 4. The van der Waals surface area contributed by atoms with Gasteiger partial charge in [0.2, 0.25) is 5.95 Å². The first-order valence-electron chi connectivity index (χ1n) is 11.2. The number of rotatable bonds is 8. The van der Waals surface area contributed by atoms with Crippen LogP contribution in [0.15, 0.2) is 33.9 Å². The predicted molar refractivity (Wildman–Crippen MR) is 126 cm³/mol. The van der Waals surface area contributed by atoms with Gasteiger partial charge in [-0.05, 0) is 31.4 Å². The van der Waals surface area contributed by atoms with Crippen LogP contribution in [0.5, 0.6) is 5.75 Å². The van der Waals surface area contributed by atoms with Crippen molar-refractivity contribution in [3.8, 4) is 5.75 Å². The molecule has 0 saturated carbocycles. The molecule has 1 atom stereocenters. The van der Waals surface area contributed by atoms with Crippen molar-refractivity contribution >= 4 is 28.8 Å². The Morgan fingerprint density at radius 3 is 2.51 bits per heavy atom. The molecular formula is C22H26N6O7. The van der Waals surface area contributed by atoms with E-state index in [4.69, 9.17) is 9.47 Å². The molecule has 1 N–H and O–H groups in total. The Morgan fingerprint density at radius 2 is 1.89 bits per heavy atom. The van der Waals surface area contributed by atoms with Crippen LogP contribution < -0.4 is 20.9 Å². The number of esters is 1. The lowest BCUT2D eigenvalue weighted by molar-refractivity contribution is -0.384. The Labute approximate surface area is 199 Å². The monoisotopic (exact) mass is 486 g/mol. The van der Waals surface area contributed by atoms with Crippen molar-refractivity contribution in [2.75, 3.05) is 24.6 Å². The molecule has 1 aliphatic heterocycles. The first-order chi connectivity index (χ1) is 16.7. The lowest BCUT2D eigenvalue weighted by atomic mass is 10.1. The number of aromatic amines is 1. The summed E-state index contributed by atoms with van der Waals surface area (Å²) in [7, 11) is 1.53. The standard InChI is InChI=1S/C22H26N6O7/c1-14(29)35-17(13-34-16-8-6-15(7-9-16)28(32)33)12-27-18-19(25(2)22(31)24-20(18)30)23-21(27)26-10-4-3-5-11-26/h6-9,17H,3-5,10-13H2,1-2H3,(H,24,30,31)/t17-/m1/s1. The fourth-order valence-corrected chi connectivity index (χ4v) is 4.15. The highest BCUT2D eigenvalue weighted by molar-refractivity contribution is 5.74. The molecule has 3 aromatic rings. The smallest absolute Gasteiger partial charge is 0.329 e. The van der Waals surface area contributed by atoms with Crippen LogP contribution in [0.2, 0.25) is 0 Å². The minimum absolute atomic E-state index is 0.0518. The van der Waals surface area contributed by atoms with Crippen molar-refractivity contribution in [2.24, 2.45) is 7.05 Å². The van der Waals surface area contributed by atoms with Crippen molar-refractivity contribution in [2.45, 2.75) is 38.8 Å². The predicted octanol–water partition coefficient (Wildman–Crippen LogP) is 1.33. The molecule has 0 radical (unpaired) electrons. The van der Waals surface area contributed by atoms with E-state index in [1.54, 1.807) is 4.57 Å². The molecule has 2 aromatic heterocycles. The van der Waals surface area contributed by atoms with E-state index in [0.29, 0.717) is 11.7 Å². The molecule has 13 nitrogen and oxygen atoms in total. The zero-order chi connectivity index (χ0) is 25.1. The maximum Gasteiger partial charge on any atom is 0.329 e. The van der Waals surface area contributed by atoms with Crippen LogP contribution in [0.25, 0.3) is 11.2 Å². The van der Waals surface area contributed by atoms with Gasteiger partial charge in [-0.15, -0.1) is 0 Å². The van der Waals surface area contributed by atoms with E-state index in [0.717, 1.165) is 32.4 Å². The number of hydrogen-bond donors (Lipinski definition) is 1. The summed E-state index contributed by atoms with van der Waals surface area (Å²) >= 11 is 0. The van der Waals surface area contributed by atoms with Crippen LogP contribution >= 0.6 is 0 Å². The van der Waals surface area contributed by atoms with Gasteiger partial charge in [-0.25, -0.2) is 4.79 Å². The second kappa shape index (κ2) is 9.99. The summed E-state index contributed by atoms with van der Waals surface area (Å²) in [6.45, 7) is 2.74. The second-order valence-electron chi connectivity index (χ2n) is 8.35. The molecule has 186 valence electrons. The summed E-state index contributed by atoms with van der Waals surface area (Å²) in [4.78, 5) is 56.1. The van der Waals surface area contributed by atoms with Gasteiger partial charge in [0.05, 0.1) is 11.5 Å². The summed E-state index contributed by atoms with van der Waals surface area (Å²) in [5.74, 6) is 0.339. The number of hydrogen-bond acceptors (Lipinski definition) is 9. The van der Waals surface area contributed by atoms with Crippen LogP contribution in [0.1, 0.15) is 26.2 Å². The summed E-state index contributed by atoms with van der Waals surface area (Å²) in [6, 6.07) is 5.53. The highest BCUT2D eigenvalue weighted by Crippen LogP contribution is 2.24. The summed E-state index contributed by atoms with van der Waals surface area (Å²) in [6.07, 6.45) is 2.22. The number of nitrogens with one attached hydrogen (secondary N) is 1. The maximum absolute atomic E-state index is 12.8. The minimum Gasteiger partial charge on any atom is -0.490 e. The number of non-ortho nitro benzene ring substituents is 1. The molecule has 0 amide bonds. The van der Waals surface area contributed by atoms with Gasteiger partial charge in [0.25, 0.3) is 11.2 Å². The Kier molecular flexibility index (Phi) is 6.85. The van der Waals surface area contributed by atoms with Gasteiger partial charge >= 0.3 is 11.7 Å². The van der Waals surface area contributed by atoms with Crippen LogP contribution in [0, 0.1) is 10.1 Å². The molecule has 0 spiro atoms. The summed E-state index contributed by atoms with van der Waals surface area (Å²) < 4.78 is 14.1. The molecule has 4 rings (SSSR count). The number of nitro groups is 1. The molecular weight excluding hydrogens is 460 g/mol. The quantitative estimate of drug-likeness (QED) is 0.282. The van der Waals surface area contributed by atoms with Gasteiger partial charge in [0.15, 0.2) is 17.3 Å². The lowest BCUT2D eigenvalue weighted by Gasteiger charge is -2.29. The van der Waals surface area contributed by atoms with Crippen LogP contribution in [-0.2, 0) is 23.1 Å². The normalized spacial score (nSPS) is 14.6. The largest absolute Gasteiger partial charge is 0.490 e. The lowest BCUT2D eigenvalue weighted by Crippen LogP contribution is -2.35. The molecule has 1 saturated heterocycles. The Morgan fingerprint density at radius 1 is 1.20 bits per heavy atom. The number of fused-ring (bicyclic) bond motifs is 1. The van der Waals surface area contributed by atoms with E-state index in [1.165, 1.54) is 42.8 Å². The van der Waals surface area contributed by atoms with E-state index in [2.05, 4.69) is 14.9 Å². The van der Waals surface area contributed by atoms with Gasteiger partial charge in [-0.1, -0.05) is 0 Å². The third-order valence-electron chi connectivity index (χ3n) is 5.83. The van der Waals surface area contributed by atoms with E-state index in [-0.39, 0.29) is 30.0 Å². The zero-order valence-electron chi connectivity index (χ0n) is 19.4. The van der Waals surface area contributed by atoms with Crippen LogP contribution in [0.4, 0.5) is 11.6 Å². The van der Waals surface area contributed by atoms with Crippen molar-refractivity contribution in [3.05, 3.63) is 55.2 Å². The van der Waals surface area contributed by atoms with Gasteiger partial charge in [-0.3, -0.25) is 29.3 Å². The molecule has 0 unspecified atom stereocenters. The first-order valence-corrected chi connectivity index (χ1v) is 11.2. The number of imidazole rings is 1. The number of piperidine rings is 1. The van der Waals surface area contributed by atoms with E-state index in [9.17, 15) is 24.5 Å². The SMILES string of the molecule is CC(=O)O[C@@H](COc1ccc([N+](=O)[O-])cc1)Cn1c(N2CCCCC2)nc2c1c(=O)[nH]c(=O)n2C. The van der Waals surface area contributed by atoms with Crippen molar-refractivity contribution in [1.82, 2.24) is 19.1 Å². The number of H-pyrrole nitrogens is 1. The van der Waals surface area contributed by atoms with Crippen molar-refractivity contribution in [3.63, 3.8) is 0 Å². The van der Waals surface area contributed by atoms with E-state index >= 15 is 0 Å². The van der Waals surface area contributed by atoms with Gasteiger partial charge in [0.1, 0.15) is 12.4 Å². The summed E-state index contributed by atoms with van der Waals surface area (Å²) in [5, 5.41) is 10.9. The van der Waals surface area contributed by atoms with Gasteiger partial charge in [-0.2, -0.15) is 4.98 Å². The fraction of sp³-hybridized carbons (Fsp3) is 0.455. The number of benzene rings is 1. The fourth-order valence-electron chi connectivity index (χ4n) is 4.15. The number of nitro benzene ring substituents is 1. The number of nitrogens with zero attached hydrogens (tertiary/aromatic N) is 5. The Hall–Kier alpha value is -4.16.